The van der Waals surface area contributed by atoms with Crippen molar-refractivity contribution in [1.29, 1.82) is 0 Å². The van der Waals surface area contributed by atoms with Crippen molar-refractivity contribution >= 4 is 5.82 Å². The highest BCUT2D eigenvalue weighted by atomic mass is 15.2. The van der Waals surface area contributed by atoms with Gasteiger partial charge in [0.1, 0.15) is 5.82 Å². The van der Waals surface area contributed by atoms with Gasteiger partial charge in [0.05, 0.1) is 5.69 Å². The minimum absolute atomic E-state index is 0.498. The summed E-state index contributed by atoms with van der Waals surface area (Å²) >= 11 is 0. The molecule has 0 saturated carbocycles. The first-order chi connectivity index (χ1) is 8.17. The largest absolute Gasteiger partial charge is 0.357 e. The van der Waals surface area contributed by atoms with Crippen molar-refractivity contribution in [2.45, 2.75) is 46.7 Å². The molecule has 1 rings (SSSR count). The van der Waals surface area contributed by atoms with Gasteiger partial charge in [0, 0.05) is 25.7 Å². The van der Waals surface area contributed by atoms with E-state index in [1.165, 1.54) is 0 Å². The molecule has 0 atom stereocenters. The number of nitrogens with zero attached hydrogens (tertiary/aromatic N) is 2. The summed E-state index contributed by atoms with van der Waals surface area (Å²) in [6.07, 6.45) is 1.16. The Kier molecular flexibility index (Phi) is 5.98. The lowest BCUT2D eigenvalue weighted by atomic mass is 10.3. The SMILES string of the molecule is CCCN(CC)c1cccc(CNC(C)C)n1. The Bertz CT molecular complexity index is 323. The van der Waals surface area contributed by atoms with E-state index in [-0.39, 0.29) is 0 Å². The summed E-state index contributed by atoms with van der Waals surface area (Å²) in [5, 5.41) is 3.40. The fraction of sp³-hybridized carbons (Fsp3) is 0.643. The maximum absolute atomic E-state index is 4.70. The minimum Gasteiger partial charge on any atom is -0.357 e. The average Bonchev–Trinajstić information content (AvgIpc) is 2.34. The topological polar surface area (TPSA) is 28.2 Å². The van der Waals surface area contributed by atoms with Crippen LogP contribution in [0.2, 0.25) is 0 Å². The zero-order valence-corrected chi connectivity index (χ0v) is 11.5. The number of anilines is 1. The molecule has 1 N–H and O–H groups in total. The van der Waals surface area contributed by atoms with Gasteiger partial charge in [0.25, 0.3) is 0 Å². The number of aromatic nitrogens is 1. The lowest BCUT2D eigenvalue weighted by Crippen LogP contribution is -2.26. The highest BCUT2D eigenvalue weighted by Gasteiger charge is 2.05. The molecule has 0 aliphatic rings. The Balaban J connectivity index is 2.69. The van der Waals surface area contributed by atoms with Crippen LogP contribution < -0.4 is 10.2 Å². The van der Waals surface area contributed by atoms with Crippen molar-refractivity contribution in [2.75, 3.05) is 18.0 Å². The third-order valence-corrected chi connectivity index (χ3v) is 2.68. The van der Waals surface area contributed by atoms with Gasteiger partial charge in [-0.1, -0.05) is 26.8 Å². The second-order valence-electron chi connectivity index (χ2n) is 4.60. The van der Waals surface area contributed by atoms with E-state index >= 15 is 0 Å². The molecule has 0 spiro atoms. The van der Waals surface area contributed by atoms with Crippen LogP contribution in [-0.4, -0.2) is 24.1 Å². The van der Waals surface area contributed by atoms with Crippen LogP contribution in [0.5, 0.6) is 0 Å². The fourth-order valence-electron chi connectivity index (χ4n) is 1.75. The summed E-state index contributed by atoms with van der Waals surface area (Å²) in [5.41, 5.74) is 1.12. The van der Waals surface area contributed by atoms with Crippen molar-refractivity contribution in [1.82, 2.24) is 10.3 Å². The molecule has 0 bridgehead atoms. The van der Waals surface area contributed by atoms with Gasteiger partial charge in [-0.15, -0.1) is 0 Å². The molecule has 0 radical (unpaired) electrons. The maximum atomic E-state index is 4.70. The van der Waals surface area contributed by atoms with Crippen LogP contribution in [-0.2, 0) is 6.54 Å². The van der Waals surface area contributed by atoms with Crippen molar-refractivity contribution in [3.8, 4) is 0 Å². The summed E-state index contributed by atoms with van der Waals surface area (Å²) in [7, 11) is 0. The van der Waals surface area contributed by atoms with Crippen LogP contribution >= 0.6 is 0 Å². The molecule has 1 heterocycles. The smallest absolute Gasteiger partial charge is 0.128 e. The molecule has 0 saturated heterocycles. The van der Waals surface area contributed by atoms with Crippen LogP contribution in [0.1, 0.15) is 39.8 Å². The molecule has 96 valence electrons. The van der Waals surface area contributed by atoms with Gasteiger partial charge in [-0.05, 0) is 25.5 Å². The first-order valence-electron chi connectivity index (χ1n) is 6.61. The number of rotatable bonds is 7. The van der Waals surface area contributed by atoms with Crippen LogP contribution in [0.15, 0.2) is 18.2 Å². The zero-order chi connectivity index (χ0) is 12.7. The maximum Gasteiger partial charge on any atom is 0.128 e. The number of hydrogen-bond donors (Lipinski definition) is 1. The lowest BCUT2D eigenvalue weighted by molar-refractivity contribution is 0.581. The van der Waals surface area contributed by atoms with Crippen LogP contribution in [0, 0.1) is 0 Å². The van der Waals surface area contributed by atoms with Crippen molar-refractivity contribution in [3.05, 3.63) is 23.9 Å². The van der Waals surface area contributed by atoms with Crippen molar-refractivity contribution < 1.29 is 0 Å². The third-order valence-electron chi connectivity index (χ3n) is 2.68. The van der Waals surface area contributed by atoms with Crippen LogP contribution in [0.4, 0.5) is 5.82 Å². The van der Waals surface area contributed by atoms with E-state index in [1.807, 2.05) is 0 Å². The van der Waals surface area contributed by atoms with E-state index in [2.05, 4.69) is 56.1 Å². The van der Waals surface area contributed by atoms with Gasteiger partial charge in [0.2, 0.25) is 0 Å². The standard InChI is InChI=1S/C14H25N3/c1-5-10-17(6-2)14-9-7-8-13(16-14)11-15-12(3)4/h7-9,12,15H,5-6,10-11H2,1-4H3. The number of hydrogen-bond acceptors (Lipinski definition) is 3. The summed E-state index contributed by atoms with van der Waals surface area (Å²) in [6, 6.07) is 6.77. The summed E-state index contributed by atoms with van der Waals surface area (Å²) in [4.78, 5) is 7.02. The third kappa shape index (κ3) is 4.73. The lowest BCUT2D eigenvalue weighted by Gasteiger charge is -2.21. The minimum atomic E-state index is 0.498. The number of pyridine rings is 1. The molecule has 17 heavy (non-hydrogen) atoms. The van der Waals surface area contributed by atoms with Crippen molar-refractivity contribution in [3.63, 3.8) is 0 Å². The summed E-state index contributed by atoms with van der Waals surface area (Å²) < 4.78 is 0. The van der Waals surface area contributed by atoms with Gasteiger partial charge >= 0.3 is 0 Å². The molecule has 3 nitrogen and oxygen atoms in total. The Hall–Kier alpha value is -1.09. The Morgan fingerprint density at radius 1 is 1.29 bits per heavy atom. The van der Waals surface area contributed by atoms with E-state index in [0.29, 0.717) is 6.04 Å². The second-order valence-corrected chi connectivity index (χ2v) is 4.60. The zero-order valence-electron chi connectivity index (χ0n) is 11.5. The summed E-state index contributed by atoms with van der Waals surface area (Å²) in [5.74, 6) is 1.09. The molecular weight excluding hydrogens is 210 g/mol. The van der Waals surface area contributed by atoms with Crippen LogP contribution in [0.25, 0.3) is 0 Å². The normalized spacial score (nSPS) is 10.9. The van der Waals surface area contributed by atoms with Crippen LogP contribution in [0.3, 0.4) is 0 Å². The van der Waals surface area contributed by atoms with Gasteiger partial charge < -0.3 is 10.2 Å². The van der Waals surface area contributed by atoms with E-state index < -0.39 is 0 Å². The average molecular weight is 235 g/mol. The second kappa shape index (κ2) is 7.28. The predicted molar refractivity (Wildman–Crippen MR) is 74.4 cm³/mol. The number of nitrogens with one attached hydrogen (secondary N) is 1. The molecule has 0 fully saturated rings. The molecule has 0 amide bonds. The quantitative estimate of drug-likeness (QED) is 0.787. The first-order valence-corrected chi connectivity index (χ1v) is 6.61. The summed E-state index contributed by atoms with van der Waals surface area (Å²) in [6.45, 7) is 11.6. The molecule has 0 unspecified atom stereocenters. The molecular formula is C14H25N3. The van der Waals surface area contributed by atoms with E-state index in [9.17, 15) is 0 Å². The molecule has 0 aromatic carbocycles. The monoisotopic (exact) mass is 235 g/mol. The molecule has 0 aliphatic heterocycles. The first kappa shape index (κ1) is 14.0. The van der Waals surface area contributed by atoms with Gasteiger partial charge in [-0.2, -0.15) is 0 Å². The predicted octanol–water partition coefficient (Wildman–Crippen LogP) is 2.82. The Labute approximate surface area is 105 Å². The highest BCUT2D eigenvalue weighted by Crippen LogP contribution is 2.11. The van der Waals surface area contributed by atoms with Crippen molar-refractivity contribution in [2.24, 2.45) is 0 Å². The Morgan fingerprint density at radius 2 is 2.06 bits per heavy atom. The van der Waals surface area contributed by atoms with Gasteiger partial charge in [-0.25, -0.2) is 4.98 Å². The molecule has 3 heteroatoms. The van der Waals surface area contributed by atoms with E-state index in [0.717, 1.165) is 37.6 Å². The van der Waals surface area contributed by atoms with E-state index in [4.69, 9.17) is 4.98 Å². The van der Waals surface area contributed by atoms with Gasteiger partial charge in [-0.3, -0.25) is 0 Å². The fourth-order valence-corrected chi connectivity index (χ4v) is 1.75. The molecule has 1 aromatic rings. The highest BCUT2D eigenvalue weighted by molar-refractivity contribution is 5.38. The molecule has 0 aliphatic carbocycles. The van der Waals surface area contributed by atoms with Gasteiger partial charge in [0.15, 0.2) is 0 Å². The Morgan fingerprint density at radius 3 is 2.65 bits per heavy atom. The van der Waals surface area contributed by atoms with E-state index in [1.54, 1.807) is 0 Å². The molecule has 1 aromatic heterocycles.